The van der Waals surface area contributed by atoms with Crippen LogP contribution in [-0.4, -0.2) is 70.5 Å². The molecule has 2 amide bonds. The average Bonchev–Trinajstić information content (AvgIpc) is 2.46. The molecule has 0 radical (unpaired) electrons. The van der Waals surface area contributed by atoms with Gasteiger partial charge in [0.25, 0.3) is 0 Å². The Balaban J connectivity index is 0.00000576. The van der Waals surface area contributed by atoms with E-state index >= 15 is 0 Å². The molecule has 2 atom stereocenters. The summed E-state index contributed by atoms with van der Waals surface area (Å²) in [6, 6.07) is 0. The van der Waals surface area contributed by atoms with E-state index < -0.39 is 34.1 Å². The zero-order valence-electron chi connectivity index (χ0n) is 15.8. The van der Waals surface area contributed by atoms with E-state index in [1.54, 1.807) is 27.7 Å². The fraction of sp³-hybridized carbons (Fsp3) is 0.875. The van der Waals surface area contributed by atoms with E-state index in [9.17, 15) is 19.8 Å². The summed E-state index contributed by atoms with van der Waals surface area (Å²) in [5, 5.41) is 34.6. The minimum Gasteiger partial charge on any atom is -0.649 e. The number of nitrogens with one attached hydrogen (secondary N) is 2. The second kappa shape index (κ2) is 8.31. The first-order valence-corrected chi connectivity index (χ1v) is 8.06. The molecule has 0 bridgehead atoms. The monoisotopic (exact) mass is 400 g/mol. The number of amides is 2. The van der Waals surface area contributed by atoms with Gasteiger partial charge in [-0.3, -0.25) is 0 Å². The molecule has 1 heterocycles. The van der Waals surface area contributed by atoms with Crippen LogP contribution < -0.4 is 10.6 Å². The topological polar surface area (TPSA) is 127 Å². The molecule has 25 heavy (non-hydrogen) atoms. The maximum atomic E-state index is 12.2. The van der Waals surface area contributed by atoms with Crippen molar-refractivity contribution >= 4 is 11.8 Å². The Kier molecular flexibility index (Phi) is 8.07. The van der Waals surface area contributed by atoms with Gasteiger partial charge in [-0.2, -0.15) is 0 Å². The Morgan fingerprint density at radius 3 is 1.32 bits per heavy atom. The first-order valence-electron chi connectivity index (χ1n) is 8.06. The van der Waals surface area contributed by atoms with E-state index in [0.717, 1.165) is 0 Å². The van der Waals surface area contributed by atoms with Crippen LogP contribution in [0.2, 0.25) is 0 Å². The van der Waals surface area contributed by atoms with E-state index in [2.05, 4.69) is 21.3 Å². The number of β-amino-alcohol motifs (C(OH)–C–C–N with tert-alkyl or cyclic N) is 2. The minimum absolute atomic E-state index is 0. The van der Waals surface area contributed by atoms with Crippen molar-refractivity contribution in [1.82, 2.24) is 10.6 Å². The van der Waals surface area contributed by atoms with Crippen LogP contribution in [0.25, 0.3) is 10.6 Å². The van der Waals surface area contributed by atoms with Gasteiger partial charge in [-0.1, -0.05) is 0 Å². The van der Waals surface area contributed by atoms with Crippen molar-refractivity contribution in [1.29, 1.82) is 0 Å². The largest absolute Gasteiger partial charge is 2.00 e. The average molecular weight is 401 g/mol. The molecule has 1 saturated heterocycles. The van der Waals surface area contributed by atoms with Crippen LogP contribution in [-0.2, 0) is 26.1 Å². The second-order valence-electron chi connectivity index (χ2n) is 8.27. The van der Waals surface area contributed by atoms with Gasteiger partial charge in [0, 0.05) is 13.1 Å². The molecule has 1 rings (SSSR count). The third-order valence-electron chi connectivity index (χ3n) is 3.98. The van der Waals surface area contributed by atoms with Crippen LogP contribution >= 0.6 is 0 Å². The van der Waals surface area contributed by atoms with Gasteiger partial charge in [-0.05, 0) is 52.6 Å². The van der Waals surface area contributed by atoms with Gasteiger partial charge in [0.15, 0.2) is 0 Å². The Bertz CT molecular complexity index is 449. The molecule has 0 aromatic rings. The number of nitrogens with zero attached hydrogens (tertiary/aromatic N) is 2. The predicted molar refractivity (Wildman–Crippen MR) is 91.9 cm³/mol. The number of carbonyl (C=O) groups is 2. The summed E-state index contributed by atoms with van der Waals surface area (Å²) in [6.07, 6.45) is 0. The summed E-state index contributed by atoms with van der Waals surface area (Å²) in [7, 11) is 0. The van der Waals surface area contributed by atoms with Gasteiger partial charge in [-0.15, -0.1) is 13.1 Å². The van der Waals surface area contributed by atoms with Gasteiger partial charge in [0.05, 0.1) is 11.8 Å². The van der Waals surface area contributed by atoms with Crippen molar-refractivity contribution in [2.75, 3.05) is 26.2 Å². The van der Waals surface area contributed by atoms with Gasteiger partial charge in [0.2, 0.25) is 0 Å². The number of aliphatic hydroxyl groups is 2. The van der Waals surface area contributed by atoms with Crippen LogP contribution in [0.15, 0.2) is 0 Å². The summed E-state index contributed by atoms with van der Waals surface area (Å²) < 4.78 is 0. The van der Waals surface area contributed by atoms with Crippen LogP contribution in [0.1, 0.15) is 41.5 Å². The van der Waals surface area contributed by atoms with Gasteiger partial charge in [0.1, 0.15) is 11.2 Å². The van der Waals surface area contributed by atoms with Crippen molar-refractivity contribution in [3.8, 4) is 0 Å². The number of rotatable bonds is 0. The van der Waals surface area contributed by atoms with Crippen LogP contribution in [0.3, 0.4) is 0 Å². The van der Waals surface area contributed by atoms with E-state index in [-0.39, 0.29) is 42.7 Å². The van der Waals surface area contributed by atoms with Crippen LogP contribution in [0.5, 0.6) is 0 Å². The summed E-state index contributed by atoms with van der Waals surface area (Å²) in [4.78, 5) is 24.3. The maximum absolute atomic E-state index is 12.2. The van der Waals surface area contributed by atoms with Crippen molar-refractivity contribution in [3.05, 3.63) is 10.6 Å². The molecule has 8 nitrogen and oxygen atoms in total. The normalized spacial score (nSPS) is 34.1. The van der Waals surface area contributed by atoms with Gasteiger partial charge >= 0.3 is 16.5 Å². The molecular formula is C16H30N4NiO4. The van der Waals surface area contributed by atoms with Gasteiger partial charge < -0.3 is 41.1 Å². The number of hydrogen-bond donors (Lipinski definition) is 4. The predicted octanol–water partition coefficient (Wildman–Crippen LogP) is 0.0365. The molecule has 0 saturated carbocycles. The van der Waals surface area contributed by atoms with Crippen molar-refractivity contribution in [2.45, 2.75) is 63.8 Å². The molecule has 0 aromatic heterocycles. The molecule has 1 aliphatic rings. The van der Waals surface area contributed by atoms with Crippen molar-refractivity contribution < 1.29 is 36.3 Å². The zero-order valence-corrected chi connectivity index (χ0v) is 16.7. The Morgan fingerprint density at radius 2 is 1.04 bits per heavy atom. The molecular weight excluding hydrogens is 371 g/mol. The summed E-state index contributed by atoms with van der Waals surface area (Å²) >= 11 is 0. The van der Waals surface area contributed by atoms with Gasteiger partial charge in [-0.25, -0.2) is 0 Å². The molecule has 9 heteroatoms. The second-order valence-corrected chi connectivity index (χ2v) is 8.27. The molecule has 0 spiro atoms. The standard InChI is InChI=1S/C16H32N4O4.Ni/c1-13(2)7-17-11(21)16(6,24)10-20-14(3,4)8-18-12(22)15(5,23)9-19-13;/h19-20,23-24H,7-10H2,1-6H3,(H2,17,18,21,22);/q;+2/p-2/t15-,16-;/m1./s1. The first-order chi connectivity index (χ1) is 10.7. The molecule has 1 aliphatic heterocycles. The fourth-order valence-electron chi connectivity index (χ4n) is 1.97. The molecule has 148 valence electrons. The maximum Gasteiger partial charge on any atom is 2.00 e. The van der Waals surface area contributed by atoms with E-state index in [1.807, 2.05) is 0 Å². The summed E-state index contributed by atoms with van der Waals surface area (Å²) in [5.41, 5.74) is -4.56. The van der Waals surface area contributed by atoms with E-state index in [1.165, 1.54) is 13.8 Å². The van der Waals surface area contributed by atoms with Crippen LogP contribution in [0.4, 0.5) is 0 Å². The smallest absolute Gasteiger partial charge is 0.649 e. The molecule has 0 aromatic carbocycles. The number of carbonyl (C=O) groups excluding carboxylic acids is 2. The number of hydrogen-bond acceptors (Lipinski definition) is 6. The van der Waals surface area contributed by atoms with Crippen molar-refractivity contribution in [3.63, 3.8) is 0 Å². The first kappa shape index (κ1) is 24.3. The Hall–Kier alpha value is -0.726. The van der Waals surface area contributed by atoms with Crippen LogP contribution in [0, 0.1) is 0 Å². The molecule has 4 N–H and O–H groups in total. The third kappa shape index (κ3) is 7.58. The quantitative estimate of drug-likeness (QED) is 0.425. The summed E-state index contributed by atoms with van der Waals surface area (Å²) in [6.45, 7) is 10.2. The minimum atomic E-state index is -1.65. The molecule has 1 fully saturated rings. The van der Waals surface area contributed by atoms with Crippen molar-refractivity contribution in [2.24, 2.45) is 0 Å². The molecule has 0 aliphatic carbocycles. The molecule has 0 unspecified atom stereocenters. The Morgan fingerprint density at radius 1 is 0.760 bits per heavy atom. The summed E-state index contributed by atoms with van der Waals surface area (Å²) in [5.74, 6) is -1.23. The Labute approximate surface area is 159 Å². The third-order valence-corrected chi connectivity index (χ3v) is 3.98. The fourth-order valence-corrected chi connectivity index (χ4v) is 1.97. The SMILES string of the molecule is CC1(C)C[N-]C(=O)[C@](C)(O)CNC(C)(C)C[N-]C(=O)[C@](C)(O)CN1.[Ni+2]. The zero-order chi connectivity index (χ0) is 18.8. The van der Waals surface area contributed by atoms with E-state index in [0.29, 0.717) is 0 Å². The van der Waals surface area contributed by atoms with E-state index in [4.69, 9.17) is 0 Å².